The van der Waals surface area contributed by atoms with Crippen molar-refractivity contribution in [1.82, 2.24) is 0 Å². The smallest absolute Gasteiger partial charge is 0.311 e. The topological polar surface area (TPSA) is 184 Å². The second-order valence-electron chi connectivity index (χ2n) is 16.8. The number of aliphatic hydroxyl groups is 4. The SMILES string of the molecule is CC[C@H]1OC(=O)[C@H](C)[C@@H](O[C@H]2C[C@@](C)(OC)[C@@H](O)[C@H](C)O2)[C@H](C)[C@@H](O[C@@H]2O[C@H](C)C[C@H]([NH+](C)C)[C@H]2O)C(C)(OC)C[C@H](C)C(=O)[C@H](C)[C@@H](O)[C@]1(C)O. The summed E-state index contributed by atoms with van der Waals surface area (Å²) in [6, 6.07) is -0.200. The second kappa shape index (κ2) is 17.7. The lowest BCUT2D eigenvalue weighted by atomic mass is 9.74. The van der Waals surface area contributed by atoms with Crippen LogP contribution in [0.15, 0.2) is 0 Å². The van der Waals surface area contributed by atoms with E-state index in [0.717, 1.165) is 4.90 Å². The Morgan fingerprint density at radius 1 is 0.846 bits per heavy atom. The van der Waals surface area contributed by atoms with E-state index in [2.05, 4.69) is 0 Å². The van der Waals surface area contributed by atoms with Gasteiger partial charge in [0.05, 0.1) is 61.7 Å². The van der Waals surface area contributed by atoms with Gasteiger partial charge in [0, 0.05) is 44.8 Å². The number of quaternary nitrogens is 1. The fourth-order valence-electron chi connectivity index (χ4n) is 8.67. The minimum absolute atomic E-state index is 0.116. The lowest BCUT2D eigenvalue weighted by molar-refractivity contribution is -0.893. The monoisotopic (exact) mass is 748 g/mol. The van der Waals surface area contributed by atoms with Crippen LogP contribution in [0.3, 0.4) is 0 Å². The van der Waals surface area contributed by atoms with Gasteiger partial charge in [0.1, 0.15) is 29.6 Å². The summed E-state index contributed by atoms with van der Waals surface area (Å²) in [6.45, 7) is 17.1. The van der Waals surface area contributed by atoms with Gasteiger partial charge in [-0.2, -0.15) is 0 Å². The van der Waals surface area contributed by atoms with Crippen LogP contribution in [0.1, 0.15) is 94.9 Å². The van der Waals surface area contributed by atoms with Crippen LogP contribution in [-0.4, -0.2) is 145 Å². The van der Waals surface area contributed by atoms with Crippen LogP contribution in [0.25, 0.3) is 0 Å². The summed E-state index contributed by atoms with van der Waals surface area (Å²) in [5.41, 5.74) is -4.23. The normalized spacial score (nSPS) is 49.0. The molecular weight excluding hydrogens is 678 g/mol. The Morgan fingerprint density at radius 3 is 1.98 bits per heavy atom. The highest BCUT2D eigenvalue weighted by Gasteiger charge is 2.54. The Labute approximate surface area is 310 Å². The van der Waals surface area contributed by atoms with E-state index in [9.17, 15) is 30.0 Å². The number of Topliss-reactive ketones (excluding diaryl/α,β-unsaturated/α-hetero) is 1. The number of ketones is 1. The van der Waals surface area contributed by atoms with Crippen molar-refractivity contribution in [2.45, 2.75) is 179 Å². The van der Waals surface area contributed by atoms with Crippen LogP contribution in [-0.2, 0) is 42.7 Å². The van der Waals surface area contributed by atoms with Gasteiger partial charge < -0.3 is 58.5 Å². The molecule has 0 aromatic rings. The van der Waals surface area contributed by atoms with E-state index in [-0.39, 0.29) is 37.2 Å². The molecule has 3 aliphatic rings. The number of methoxy groups -OCH3 is 2. The summed E-state index contributed by atoms with van der Waals surface area (Å²) < 4.78 is 43.9. The molecule has 0 amide bonds. The number of nitrogens with one attached hydrogen (secondary N) is 1. The molecule has 3 saturated heterocycles. The Hall–Kier alpha value is -1.30. The van der Waals surface area contributed by atoms with Gasteiger partial charge in [0.25, 0.3) is 0 Å². The Balaban J connectivity index is 2.22. The molecule has 14 nitrogen and oxygen atoms in total. The van der Waals surface area contributed by atoms with Gasteiger partial charge in [-0.25, -0.2) is 0 Å². The van der Waals surface area contributed by atoms with Gasteiger partial charge in [0.15, 0.2) is 18.7 Å². The molecule has 304 valence electrons. The first-order valence-corrected chi connectivity index (χ1v) is 19.0. The molecule has 5 N–H and O–H groups in total. The maximum atomic E-state index is 14.2. The lowest BCUT2D eigenvalue weighted by Gasteiger charge is -2.49. The largest absolute Gasteiger partial charge is 0.459 e. The number of carbonyl (C=O) groups excluding carboxylic acids is 2. The third-order valence-electron chi connectivity index (χ3n) is 12.4. The zero-order valence-corrected chi connectivity index (χ0v) is 34.0. The molecule has 3 rings (SSSR count). The molecule has 0 saturated carbocycles. The molecular formula is C38H70NO13+. The minimum atomic E-state index is -1.96. The third kappa shape index (κ3) is 9.38. The van der Waals surface area contributed by atoms with E-state index in [1.807, 2.05) is 27.9 Å². The highest BCUT2D eigenvalue weighted by atomic mass is 16.7. The van der Waals surface area contributed by atoms with Gasteiger partial charge in [-0.3, -0.25) is 9.59 Å². The molecule has 0 bridgehead atoms. The van der Waals surface area contributed by atoms with Gasteiger partial charge in [-0.1, -0.05) is 27.7 Å². The van der Waals surface area contributed by atoms with Crippen LogP contribution < -0.4 is 4.90 Å². The molecule has 18 atom stereocenters. The van der Waals surface area contributed by atoms with Crippen molar-refractivity contribution in [3.05, 3.63) is 0 Å². The number of rotatable bonds is 8. The highest BCUT2D eigenvalue weighted by Crippen LogP contribution is 2.41. The van der Waals surface area contributed by atoms with Gasteiger partial charge in [-0.05, 0) is 54.4 Å². The molecule has 3 fully saturated rings. The van der Waals surface area contributed by atoms with Crippen LogP contribution in [0.5, 0.6) is 0 Å². The van der Waals surface area contributed by atoms with Crippen LogP contribution in [0, 0.1) is 23.7 Å². The van der Waals surface area contributed by atoms with E-state index < -0.39 is 102 Å². The summed E-state index contributed by atoms with van der Waals surface area (Å²) in [4.78, 5) is 29.2. The molecule has 52 heavy (non-hydrogen) atoms. The number of likely N-dealkylation sites (N-methyl/N-ethyl adjacent to an activating group) is 1. The molecule has 0 aliphatic carbocycles. The fourth-order valence-corrected chi connectivity index (χ4v) is 8.67. The summed E-state index contributed by atoms with van der Waals surface area (Å²) in [6.07, 6.45) is -8.58. The summed E-state index contributed by atoms with van der Waals surface area (Å²) in [5, 5.41) is 45.6. The quantitative estimate of drug-likeness (QED) is 0.222. The average molecular weight is 749 g/mol. The summed E-state index contributed by atoms with van der Waals surface area (Å²) >= 11 is 0. The summed E-state index contributed by atoms with van der Waals surface area (Å²) in [5.74, 6) is -4.44. The summed E-state index contributed by atoms with van der Waals surface area (Å²) in [7, 11) is 6.94. The van der Waals surface area contributed by atoms with Crippen LogP contribution in [0.2, 0.25) is 0 Å². The van der Waals surface area contributed by atoms with Crippen molar-refractivity contribution in [3.8, 4) is 0 Å². The van der Waals surface area contributed by atoms with Crippen molar-refractivity contribution < 1.29 is 68.1 Å². The predicted molar refractivity (Wildman–Crippen MR) is 190 cm³/mol. The Bertz CT molecular complexity index is 1190. The molecule has 0 aromatic heterocycles. The van der Waals surface area contributed by atoms with Gasteiger partial charge in [0.2, 0.25) is 0 Å². The van der Waals surface area contributed by atoms with E-state index in [0.29, 0.717) is 6.42 Å². The van der Waals surface area contributed by atoms with Crippen LogP contribution in [0.4, 0.5) is 0 Å². The van der Waals surface area contributed by atoms with E-state index in [1.165, 1.54) is 21.1 Å². The minimum Gasteiger partial charge on any atom is -0.459 e. The average Bonchev–Trinajstić information content (AvgIpc) is 3.09. The standard InChI is InChI=1S/C38H69NO13/c1-15-26-38(10,45)31(42)21(4)28(40)19(2)17-37(9,47-14)33(52-35-29(41)25(39(11)12)16-20(3)48-35)22(5)30(23(6)34(44)50-26)51-27-18-36(8,46-13)32(43)24(7)49-27/h19-27,29-33,35,41-43,45H,15-18H2,1-14H3/p+1/t19-,20+,21-,22-,23+,24-,25-,26+,27-,29+,30-,31+,32-,33+,35-,36+,37?,38+/m0/s1. The molecule has 3 heterocycles. The first kappa shape index (κ1) is 45.1. The fraction of sp³-hybridized carbons (Fsp3) is 0.947. The molecule has 0 radical (unpaired) electrons. The van der Waals surface area contributed by atoms with E-state index in [1.54, 1.807) is 48.5 Å². The van der Waals surface area contributed by atoms with Crippen molar-refractivity contribution in [2.75, 3.05) is 28.3 Å². The first-order chi connectivity index (χ1) is 24.0. The molecule has 0 spiro atoms. The second-order valence-corrected chi connectivity index (χ2v) is 16.8. The van der Waals surface area contributed by atoms with Gasteiger partial charge in [-0.15, -0.1) is 0 Å². The van der Waals surface area contributed by atoms with Crippen molar-refractivity contribution in [1.29, 1.82) is 0 Å². The number of esters is 1. The Morgan fingerprint density at radius 2 is 1.44 bits per heavy atom. The van der Waals surface area contributed by atoms with Crippen LogP contribution >= 0.6 is 0 Å². The highest BCUT2D eigenvalue weighted by molar-refractivity contribution is 5.83. The van der Waals surface area contributed by atoms with E-state index in [4.69, 9.17) is 33.2 Å². The molecule has 14 heteroatoms. The zero-order chi connectivity index (χ0) is 39.7. The number of hydrogen-bond acceptors (Lipinski definition) is 13. The Kier molecular flexibility index (Phi) is 15.3. The van der Waals surface area contributed by atoms with Gasteiger partial charge >= 0.3 is 5.97 Å². The number of carbonyl (C=O) groups is 2. The maximum absolute atomic E-state index is 14.2. The number of ether oxygens (including phenoxy) is 7. The zero-order valence-electron chi connectivity index (χ0n) is 34.0. The first-order valence-electron chi connectivity index (χ1n) is 19.0. The van der Waals surface area contributed by atoms with Crippen molar-refractivity contribution >= 4 is 11.8 Å². The number of cyclic esters (lactones) is 1. The number of hydrogen-bond donors (Lipinski definition) is 5. The lowest BCUT2D eigenvalue weighted by Crippen LogP contribution is -3.12. The molecule has 1 unspecified atom stereocenters. The van der Waals surface area contributed by atoms with E-state index >= 15 is 0 Å². The molecule has 3 aliphatic heterocycles. The number of aliphatic hydroxyl groups excluding tert-OH is 3. The van der Waals surface area contributed by atoms with Crippen molar-refractivity contribution in [2.24, 2.45) is 23.7 Å². The van der Waals surface area contributed by atoms with Crippen molar-refractivity contribution in [3.63, 3.8) is 0 Å². The molecule has 0 aromatic carbocycles. The third-order valence-corrected chi connectivity index (χ3v) is 12.4. The predicted octanol–water partition coefficient (Wildman–Crippen LogP) is 1.02. The maximum Gasteiger partial charge on any atom is 0.311 e.